The van der Waals surface area contributed by atoms with Crippen LogP contribution in [0.1, 0.15) is 6.92 Å². The minimum atomic E-state index is -0.753. The lowest BCUT2D eigenvalue weighted by molar-refractivity contribution is -0.139. The summed E-state index contributed by atoms with van der Waals surface area (Å²) in [5, 5.41) is 0.827. The molecule has 13 heteroatoms. The van der Waals surface area contributed by atoms with E-state index in [-0.39, 0.29) is 33.0 Å². The van der Waals surface area contributed by atoms with Gasteiger partial charge in [-0.05, 0) is 24.3 Å². The fraction of sp³-hybridized carbons (Fsp3) is 0.333. The van der Waals surface area contributed by atoms with Crippen molar-refractivity contribution in [3.05, 3.63) is 64.1 Å². The average molecular weight is 700 g/mol. The Kier molecular flexibility index (Phi) is 8.13. The third-order valence-corrected chi connectivity index (χ3v) is 9.50. The third kappa shape index (κ3) is 5.09. The van der Waals surface area contributed by atoms with Crippen LogP contribution in [-0.4, -0.2) is 73.7 Å². The predicted octanol–water partition coefficient (Wildman–Crippen LogP) is 4.54. The van der Waals surface area contributed by atoms with Crippen LogP contribution >= 0.6 is 46.0 Å². The van der Waals surface area contributed by atoms with Crippen LogP contribution in [0.2, 0.25) is 5.02 Å². The second-order valence-electron chi connectivity index (χ2n) is 9.64. The van der Waals surface area contributed by atoms with E-state index in [4.69, 9.17) is 11.6 Å². The molecule has 0 radical (unpaired) electrons. The lowest BCUT2D eigenvalue weighted by Crippen LogP contribution is -2.62. The molecule has 2 unspecified atom stereocenters. The molecule has 2 amide bonds. The molecule has 2 aliphatic rings. The van der Waals surface area contributed by atoms with Crippen molar-refractivity contribution >= 4 is 74.5 Å². The minimum absolute atomic E-state index is 0.0951. The molecule has 8 nitrogen and oxygen atoms in total. The summed E-state index contributed by atoms with van der Waals surface area (Å²) < 4.78 is 29.8. The first-order chi connectivity index (χ1) is 19.0. The fourth-order valence-corrected chi connectivity index (χ4v) is 8.09. The Balaban J connectivity index is 1.63. The molecule has 1 saturated heterocycles. The first-order valence-corrected chi connectivity index (χ1v) is 15.0. The van der Waals surface area contributed by atoms with Gasteiger partial charge in [-0.1, -0.05) is 40.8 Å². The number of amides is 2. The molecule has 0 bridgehead atoms. The standard InChI is InChI=1S/C27H25ClF2IN5O3S/c1-4-22(38)36-16(12-34(14(2)37)13-21(36)31)11-33(3)26-18-10-19(28)23(17-6-5-15(29)9-20(17)30)25-24(18)35(7-8-40-25)27(39)32-26/h4-6,9-10,16,21H,1,7-8,11-13H2,2-3H3. The summed E-state index contributed by atoms with van der Waals surface area (Å²) in [7, 11) is 1.76. The maximum absolute atomic E-state index is 14.9. The van der Waals surface area contributed by atoms with Crippen molar-refractivity contribution in [1.29, 1.82) is 0 Å². The number of halogens is 4. The summed E-state index contributed by atoms with van der Waals surface area (Å²) in [6.45, 7) is 6.50. The Morgan fingerprint density at radius 1 is 1.30 bits per heavy atom. The van der Waals surface area contributed by atoms with Crippen LogP contribution in [0, 0.1) is 11.6 Å². The van der Waals surface area contributed by atoms with Crippen molar-refractivity contribution < 1.29 is 18.4 Å². The number of anilines is 1. The molecule has 3 aromatic rings. The monoisotopic (exact) mass is 699 g/mol. The number of hydrogen-bond donors (Lipinski definition) is 0. The molecule has 2 atom stereocenters. The van der Waals surface area contributed by atoms with Gasteiger partial charge in [0.25, 0.3) is 0 Å². The average Bonchev–Trinajstić information content (AvgIpc) is 2.90. The summed E-state index contributed by atoms with van der Waals surface area (Å²) in [5.41, 5.74) is 0.635. The Hall–Kier alpha value is -2.71. The van der Waals surface area contributed by atoms with Gasteiger partial charge in [-0.3, -0.25) is 14.2 Å². The number of rotatable bonds is 5. The molecule has 3 heterocycles. The number of likely N-dealkylation sites (N-methyl/N-ethyl adjacent to an activating group) is 1. The van der Waals surface area contributed by atoms with Gasteiger partial charge < -0.3 is 14.7 Å². The zero-order valence-corrected chi connectivity index (χ0v) is 25.4. The van der Waals surface area contributed by atoms with Crippen molar-refractivity contribution in [2.45, 2.75) is 28.5 Å². The van der Waals surface area contributed by atoms with Gasteiger partial charge in [0.05, 0.1) is 23.1 Å². The molecule has 1 aromatic heterocycles. The van der Waals surface area contributed by atoms with Crippen LogP contribution in [0.3, 0.4) is 0 Å². The van der Waals surface area contributed by atoms with E-state index >= 15 is 0 Å². The Labute approximate surface area is 252 Å². The van der Waals surface area contributed by atoms with E-state index in [0.717, 1.165) is 6.07 Å². The van der Waals surface area contributed by atoms with Crippen LogP contribution in [0.4, 0.5) is 14.6 Å². The molecule has 0 spiro atoms. The number of aromatic nitrogens is 2. The third-order valence-electron chi connectivity index (χ3n) is 7.13. The molecule has 40 heavy (non-hydrogen) atoms. The molecule has 2 aromatic carbocycles. The SMILES string of the molecule is C=CC(=O)N1C(I)CN(C(C)=O)CC1CN(C)c1nc(=O)n2c3c(c(-c4ccc(F)cc4F)c(Cl)cc13)SCC2. The van der Waals surface area contributed by atoms with Gasteiger partial charge in [0.1, 0.15) is 21.5 Å². The number of piperazine rings is 1. The molecule has 2 aliphatic heterocycles. The zero-order valence-electron chi connectivity index (χ0n) is 21.7. The molecule has 210 valence electrons. The molecular formula is C27H25ClF2IN5O3S. The van der Waals surface area contributed by atoms with Gasteiger partial charge in [0, 0.05) is 66.8 Å². The Morgan fingerprint density at radius 2 is 2.05 bits per heavy atom. The lowest BCUT2D eigenvalue weighted by Gasteiger charge is -2.45. The zero-order chi connectivity index (χ0) is 28.9. The minimum Gasteiger partial charge on any atom is -0.357 e. The number of carbonyl (C=O) groups excluding carboxylic acids is 2. The maximum Gasteiger partial charge on any atom is 0.350 e. The second-order valence-corrected chi connectivity index (χ2v) is 12.6. The molecule has 5 rings (SSSR count). The largest absolute Gasteiger partial charge is 0.357 e. The Morgan fingerprint density at radius 3 is 2.73 bits per heavy atom. The maximum atomic E-state index is 14.9. The number of alkyl halides is 1. The summed E-state index contributed by atoms with van der Waals surface area (Å²) in [5.74, 6) is -0.902. The summed E-state index contributed by atoms with van der Waals surface area (Å²) in [4.78, 5) is 48.4. The normalized spacial score (nSPS) is 18.6. The lowest BCUT2D eigenvalue weighted by atomic mass is 10.0. The number of nitrogens with zero attached hydrogens (tertiary/aromatic N) is 5. The van der Waals surface area contributed by atoms with E-state index in [1.165, 1.54) is 36.9 Å². The second kappa shape index (κ2) is 11.3. The van der Waals surface area contributed by atoms with E-state index in [1.807, 2.05) is 0 Å². The van der Waals surface area contributed by atoms with E-state index in [0.29, 0.717) is 52.6 Å². The smallest absolute Gasteiger partial charge is 0.350 e. The van der Waals surface area contributed by atoms with Crippen molar-refractivity contribution in [3.63, 3.8) is 0 Å². The van der Waals surface area contributed by atoms with Crippen molar-refractivity contribution in [1.82, 2.24) is 19.4 Å². The Bertz CT molecular complexity index is 1620. The van der Waals surface area contributed by atoms with Crippen LogP contribution in [0.5, 0.6) is 0 Å². The molecule has 1 fully saturated rings. The number of benzene rings is 2. The summed E-state index contributed by atoms with van der Waals surface area (Å²) in [6.07, 6.45) is 1.25. The topological polar surface area (TPSA) is 78.8 Å². The number of hydrogen-bond acceptors (Lipinski definition) is 6. The van der Waals surface area contributed by atoms with E-state index in [9.17, 15) is 23.2 Å². The number of carbonyl (C=O) groups is 2. The fourth-order valence-electron chi connectivity index (χ4n) is 5.33. The van der Waals surface area contributed by atoms with Crippen LogP contribution < -0.4 is 10.6 Å². The van der Waals surface area contributed by atoms with Crippen LogP contribution in [0.15, 0.2) is 46.6 Å². The van der Waals surface area contributed by atoms with Crippen molar-refractivity contribution in [3.8, 4) is 11.1 Å². The number of aryl methyl sites for hydroxylation is 1. The van der Waals surface area contributed by atoms with Crippen LogP contribution in [-0.2, 0) is 16.1 Å². The van der Waals surface area contributed by atoms with Gasteiger partial charge in [-0.25, -0.2) is 13.6 Å². The number of thioether (sulfide) groups is 1. The summed E-state index contributed by atoms with van der Waals surface area (Å²) in [6, 6.07) is 4.56. The highest BCUT2D eigenvalue weighted by molar-refractivity contribution is 14.1. The molecular weight excluding hydrogens is 675 g/mol. The molecule has 0 aliphatic carbocycles. The predicted molar refractivity (Wildman–Crippen MR) is 161 cm³/mol. The first-order valence-electron chi connectivity index (χ1n) is 12.4. The highest BCUT2D eigenvalue weighted by Crippen LogP contribution is 2.46. The summed E-state index contributed by atoms with van der Waals surface area (Å²) >= 11 is 10.3. The highest BCUT2D eigenvalue weighted by atomic mass is 127. The quantitative estimate of drug-likeness (QED) is 0.169. The van der Waals surface area contributed by atoms with Crippen LogP contribution in [0.25, 0.3) is 22.0 Å². The highest BCUT2D eigenvalue weighted by Gasteiger charge is 2.37. The van der Waals surface area contributed by atoms with Gasteiger partial charge >= 0.3 is 5.69 Å². The van der Waals surface area contributed by atoms with Crippen molar-refractivity contribution in [2.24, 2.45) is 0 Å². The molecule has 0 N–H and O–H groups in total. The first kappa shape index (κ1) is 28.8. The van der Waals surface area contributed by atoms with Gasteiger partial charge in [0.15, 0.2) is 0 Å². The van der Waals surface area contributed by atoms with E-state index < -0.39 is 23.4 Å². The van der Waals surface area contributed by atoms with Gasteiger partial charge in [-0.2, -0.15) is 4.98 Å². The van der Waals surface area contributed by atoms with Crippen molar-refractivity contribution in [2.75, 3.05) is 37.3 Å². The van der Waals surface area contributed by atoms with E-state index in [2.05, 4.69) is 34.2 Å². The molecule has 0 saturated carbocycles. The van der Waals surface area contributed by atoms with E-state index in [1.54, 1.807) is 32.4 Å². The van der Waals surface area contributed by atoms with Gasteiger partial charge in [-0.15, -0.1) is 11.8 Å². The van der Waals surface area contributed by atoms with Gasteiger partial charge in [0.2, 0.25) is 11.8 Å².